The van der Waals surface area contributed by atoms with Gasteiger partial charge in [-0.1, -0.05) is 6.92 Å². The number of piperidine rings is 1. The lowest BCUT2D eigenvalue weighted by atomic mass is 10.0. The van der Waals surface area contributed by atoms with Crippen LogP contribution in [0.2, 0.25) is 0 Å². The van der Waals surface area contributed by atoms with E-state index in [4.69, 9.17) is 0 Å². The molecule has 1 aromatic rings. The molecule has 0 bridgehead atoms. The molecule has 4 heteroatoms. The summed E-state index contributed by atoms with van der Waals surface area (Å²) in [5.41, 5.74) is 1.18. The Morgan fingerprint density at radius 3 is 2.94 bits per heavy atom. The van der Waals surface area contributed by atoms with Gasteiger partial charge in [-0.3, -0.25) is 0 Å². The van der Waals surface area contributed by atoms with Gasteiger partial charge in [-0.25, -0.2) is 4.98 Å². The Hall–Kier alpha value is -0.870. The first kappa shape index (κ1) is 11.6. The summed E-state index contributed by atoms with van der Waals surface area (Å²) in [6.45, 7) is 6.91. The lowest BCUT2D eigenvalue weighted by Crippen LogP contribution is -2.42. The maximum atomic E-state index is 4.02. The van der Waals surface area contributed by atoms with Crippen molar-refractivity contribution in [1.82, 2.24) is 20.2 Å². The Balaban J connectivity index is 1.65. The molecule has 4 nitrogen and oxygen atoms in total. The molecule has 1 aliphatic heterocycles. The van der Waals surface area contributed by atoms with E-state index in [0.717, 1.165) is 6.54 Å². The summed E-state index contributed by atoms with van der Waals surface area (Å²) in [4.78, 5) is 9.70. The molecule has 1 saturated heterocycles. The average Bonchev–Trinajstić information content (AvgIpc) is 2.82. The van der Waals surface area contributed by atoms with Gasteiger partial charge in [0.25, 0.3) is 0 Å². The fourth-order valence-electron chi connectivity index (χ4n) is 2.31. The molecule has 1 aliphatic rings. The van der Waals surface area contributed by atoms with E-state index < -0.39 is 0 Å². The molecule has 90 valence electrons. The first-order chi connectivity index (χ1) is 7.88. The number of likely N-dealkylation sites (tertiary alicyclic amines) is 1. The van der Waals surface area contributed by atoms with Gasteiger partial charge in [-0.2, -0.15) is 0 Å². The summed E-state index contributed by atoms with van der Waals surface area (Å²) in [6, 6.07) is 0.677. The van der Waals surface area contributed by atoms with Crippen molar-refractivity contribution in [3.63, 3.8) is 0 Å². The van der Waals surface area contributed by atoms with Gasteiger partial charge >= 0.3 is 0 Å². The van der Waals surface area contributed by atoms with E-state index in [0.29, 0.717) is 6.04 Å². The smallest absolute Gasteiger partial charge is 0.0922 e. The van der Waals surface area contributed by atoms with E-state index in [1.54, 1.807) is 6.33 Å². The Bertz CT molecular complexity index is 275. The lowest BCUT2D eigenvalue weighted by molar-refractivity contribution is 0.197. The number of aromatic nitrogens is 2. The van der Waals surface area contributed by atoms with Crippen molar-refractivity contribution in [2.24, 2.45) is 0 Å². The number of rotatable bonds is 5. The van der Waals surface area contributed by atoms with Gasteiger partial charge in [0.05, 0.1) is 6.33 Å². The normalized spacial score (nSPS) is 19.1. The number of aromatic amines is 1. The number of nitrogens with zero attached hydrogens (tertiary/aromatic N) is 2. The van der Waals surface area contributed by atoms with E-state index in [2.05, 4.69) is 27.1 Å². The summed E-state index contributed by atoms with van der Waals surface area (Å²) in [5, 5.41) is 3.59. The van der Waals surface area contributed by atoms with Crippen molar-refractivity contribution in [2.75, 3.05) is 19.6 Å². The molecule has 0 aliphatic carbocycles. The van der Waals surface area contributed by atoms with Crippen molar-refractivity contribution in [3.05, 3.63) is 18.2 Å². The van der Waals surface area contributed by atoms with Crippen LogP contribution in [0.15, 0.2) is 12.5 Å². The van der Waals surface area contributed by atoms with Gasteiger partial charge < -0.3 is 15.2 Å². The molecule has 1 aromatic heterocycles. The third-order valence-electron chi connectivity index (χ3n) is 3.26. The number of nitrogens with one attached hydrogen (secondary N) is 2. The minimum absolute atomic E-state index is 0.677. The van der Waals surface area contributed by atoms with Crippen molar-refractivity contribution in [1.29, 1.82) is 0 Å². The summed E-state index contributed by atoms with van der Waals surface area (Å²) >= 11 is 0. The maximum Gasteiger partial charge on any atom is 0.0922 e. The summed E-state index contributed by atoms with van der Waals surface area (Å²) in [7, 11) is 0. The topological polar surface area (TPSA) is 44.0 Å². The van der Waals surface area contributed by atoms with Crippen molar-refractivity contribution in [3.8, 4) is 0 Å². The first-order valence-corrected chi connectivity index (χ1v) is 6.31. The predicted molar refractivity (Wildman–Crippen MR) is 65.2 cm³/mol. The fourth-order valence-corrected chi connectivity index (χ4v) is 2.31. The Morgan fingerprint density at radius 1 is 1.50 bits per heavy atom. The molecule has 0 unspecified atom stereocenters. The van der Waals surface area contributed by atoms with Crippen LogP contribution in [0.4, 0.5) is 0 Å². The maximum absolute atomic E-state index is 4.02. The highest BCUT2D eigenvalue weighted by atomic mass is 15.1. The van der Waals surface area contributed by atoms with Gasteiger partial charge in [-0.05, 0) is 38.9 Å². The highest BCUT2D eigenvalue weighted by Crippen LogP contribution is 2.10. The highest BCUT2D eigenvalue weighted by molar-refractivity contribution is 4.94. The van der Waals surface area contributed by atoms with Crippen LogP contribution in [0, 0.1) is 0 Å². The fraction of sp³-hybridized carbons (Fsp3) is 0.750. The summed E-state index contributed by atoms with van der Waals surface area (Å²) in [6.07, 6.45) is 7.44. The van der Waals surface area contributed by atoms with E-state index >= 15 is 0 Å². The Morgan fingerprint density at radius 2 is 2.31 bits per heavy atom. The summed E-state index contributed by atoms with van der Waals surface area (Å²) in [5.74, 6) is 0. The van der Waals surface area contributed by atoms with Crippen molar-refractivity contribution < 1.29 is 0 Å². The van der Waals surface area contributed by atoms with Gasteiger partial charge in [0.1, 0.15) is 0 Å². The quantitative estimate of drug-likeness (QED) is 0.791. The number of imidazole rings is 1. The second-order valence-corrected chi connectivity index (χ2v) is 4.57. The van der Waals surface area contributed by atoms with Crippen LogP contribution in [0.5, 0.6) is 0 Å². The van der Waals surface area contributed by atoms with Crippen LogP contribution in [0.3, 0.4) is 0 Å². The second kappa shape index (κ2) is 6.01. The Labute approximate surface area is 97.4 Å². The number of hydrogen-bond acceptors (Lipinski definition) is 3. The van der Waals surface area contributed by atoms with Gasteiger partial charge in [0.2, 0.25) is 0 Å². The molecule has 0 radical (unpaired) electrons. The third-order valence-corrected chi connectivity index (χ3v) is 3.26. The molecule has 0 aromatic carbocycles. The second-order valence-electron chi connectivity index (χ2n) is 4.57. The Kier molecular flexibility index (Phi) is 4.36. The molecule has 2 N–H and O–H groups in total. The van der Waals surface area contributed by atoms with Gasteiger partial charge in [-0.15, -0.1) is 0 Å². The zero-order chi connectivity index (χ0) is 11.2. The predicted octanol–water partition coefficient (Wildman–Crippen LogP) is 1.37. The highest BCUT2D eigenvalue weighted by Gasteiger charge is 2.17. The molecule has 2 rings (SSSR count). The molecule has 2 heterocycles. The molecule has 1 fully saturated rings. The minimum atomic E-state index is 0.677. The lowest BCUT2D eigenvalue weighted by Gasteiger charge is -2.32. The van der Waals surface area contributed by atoms with E-state index in [9.17, 15) is 0 Å². The zero-order valence-electron chi connectivity index (χ0n) is 10.1. The van der Waals surface area contributed by atoms with Crippen LogP contribution in [0.25, 0.3) is 0 Å². The monoisotopic (exact) mass is 222 g/mol. The standard InChI is InChI=1S/C12H22N4/c1-2-5-16-6-3-11(4-7-16)14-9-12-8-13-10-15-12/h8,10-11,14H,2-7,9H2,1H3,(H,13,15). The number of H-pyrrole nitrogens is 1. The molecule has 0 amide bonds. The van der Waals surface area contributed by atoms with E-state index in [1.807, 2.05) is 6.20 Å². The SMILES string of the molecule is CCCN1CCC(NCc2cnc[nH]2)CC1. The van der Waals surface area contributed by atoms with E-state index in [-0.39, 0.29) is 0 Å². The van der Waals surface area contributed by atoms with Crippen molar-refractivity contribution >= 4 is 0 Å². The first-order valence-electron chi connectivity index (χ1n) is 6.31. The molecule has 0 saturated carbocycles. The van der Waals surface area contributed by atoms with Crippen molar-refractivity contribution in [2.45, 2.75) is 38.8 Å². The third kappa shape index (κ3) is 3.32. The number of hydrogen-bond donors (Lipinski definition) is 2. The van der Waals surface area contributed by atoms with E-state index in [1.165, 1.54) is 44.6 Å². The molecule has 0 spiro atoms. The molecule has 16 heavy (non-hydrogen) atoms. The van der Waals surface area contributed by atoms with Gasteiger partial charge in [0.15, 0.2) is 0 Å². The van der Waals surface area contributed by atoms with Gasteiger partial charge in [0, 0.05) is 24.5 Å². The van der Waals surface area contributed by atoms with Crippen LogP contribution >= 0.6 is 0 Å². The largest absolute Gasteiger partial charge is 0.347 e. The minimum Gasteiger partial charge on any atom is -0.347 e. The molecular formula is C12H22N4. The zero-order valence-corrected chi connectivity index (χ0v) is 10.1. The van der Waals surface area contributed by atoms with Crippen LogP contribution < -0.4 is 5.32 Å². The average molecular weight is 222 g/mol. The van der Waals surface area contributed by atoms with Crippen LogP contribution in [0.1, 0.15) is 31.9 Å². The van der Waals surface area contributed by atoms with Crippen LogP contribution in [-0.2, 0) is 6.54 Å². The molecule has 0 atom stereocenters. The summed E-state index contributed by atoms with van der Waals surface area (Å²) < 4.78 is 0. The molecular weight excluding hydrogens is 200 g/mol. The van der Waals surface area contributed by atoms with Crippen LogP contribution in [-0.4, -0.2) is 40.5 Å².